The van der Waals surface area contributed by atoms with Gasteiger partial charge in [-0.1, -0.05) is 38.1 Å². The van der Waals surface area contributed by atoms with E-state index in [1.165, 1.54) is 19.2 Å². The number of anilines is 1. The number of alkyl halides is 2. The van der Waals surface area contributed by atoms with Crippen molar-refractivity contribution in [2.45, 2.75) is 62.7 Å². The molecule has 1 aliphatic rings. The zero-order valence-electron chi connectivity index (χ0n) is 19.1. The fourth-order valence-electron chi connectivity index (χ4n) is 4.47. The first-order valence-electron chi connectivity index (χ1n) is 10.8. The van der Waals surface area contributed by atoms with Crippen LogP contribution in [-0.4, -0.2) is 38.3 Å². The minimum absolute atomic E-state index is 0.0420. The summed E-state index contributed by atoms with van der Waals surface area (Å²) in [5.41, 5.74) is 0.577. The second kappa shape index (κ2) is 10.4. The second-order valence-corrected chi connectivity index (χ2v) is 11.4. The molecule has 1 heterocycles. The van der Waals surface area contributed by atoms with E-state index in [0.29, 0.717) is 0 Å². The zero-order valence-corrected chi connectivity index (χ0v) is 20.6. The molecule has 1 saturated carbocycles. The molecule has 1 aromatic heterocycles. The summed E-state index contributed by atoms with van der Waals surface area (Å²) in [6.07, 6.45) is 0.807. The van der Waals surface area contributed by atoms with Crippen LogP contribution in [0.15, 0.2) is 36.4 Å². The first kappa shape index (κ1) is 26.2. The lowest BCUT2D eigenvalue weighted by Gasteiger charge is -2.40. The molecular weight excluding hydrogens is 490 g/mol. The van der Waals surface area contributed by atoms with E-state index >= 15 is 0 Å². The number of halogens is 3. The van der Waals surface area contributed by atoms with Crippen molar-refractivity contribution in [3.05, 3.63) is 47.5 Å². The van der Waals surface area contributed by atoms with Crippen LogP contribution in [0.2, 0.25) is 0 Å². The maximum atomic E-state index is 13.8. The second-order valence-electron chi connectivity index (χ2n) is 8.54. The van der Waals surface area contributed by atoms with Gasteiger partial charge in [-0.15, -0.1) is 0 Å². The molecular formula is C23H27ClF2N2O5S. The summed E-state index contributed by atoms with van der Waals surface area (Å²) in [7, 11) is 3.15. The smallest absolute Gasteiger partial charge is 0.388 e. The Bertz CT molecular complexity index is 1140. The minimum Gasteiger partial charge on any atom is -0.481 e. The Morgan fingerprint density at radius 2 is 1.82 bits per heavy atom. The molecule has 34 heavy (non-hydrogen) atoms. The molecule has 1 aromatic carbocycles. The molecule has 0 saturated heterocycles. The molecule has 3 rings (SSSR count). The summed E-state index contributed by atoms with van der Waals surface area (Å²) in [6.45, 7) is 0.845. The highest BCUT2D eigenvalue weighted by molar-refractivity contribution is 8.14. The lowest BCUT2D eigenvalue weighted by atomic mass is 9.66. The van der Waals surface area contributed by atoms with Crippen LogP contribution in [0.4, 0.5) is 14.5 Å². The Morgan fingerprint density at radius 3 is 2.38 bits per heavy atom. The number of nitrogens with zero attached hydrogens (tertiary/aromatic N) is 1. The maximum absolute atomic E-state index is 13.8. The van der Waals surface area contributed by atoms with Gasteiger partial charge >= 0.3 is 6.61 Å². The minimum atomic E-state index is -3.78. The Morgan fingerprint density at radius 1 is 1.18 bits per heavy atom. The van der Waals surface area contributed by atoms with Gasteiger partial charge in [-0.2, -0.15) is 13.8 Å². The molecule has 7 nitrogen and oxygen atoms in total. The van der Waals surface area contributed by atoms with Crippen LogP contribution in [0.1, 0.15) is 56.6 Å². The Kier molecular flexibility index (Phi) is 8.02. The standard InChI is InChI=1S/C23H27ClF2N2O5S/c1-14(2)16-6-4-5-7-17(16)23(12-10-15(11-13-23)34(24,30)31)21(29)27-18-8-9-19(32-3)28-20(18)33-22(25)26/h4-9,14-15,22H,10-13H2,1-3H3,(H,27,29). The number of hydrogen-bond donors (Lipinski definition) is 1. The van der Waals surface area contributed by atoms with Crippen LogP contribution in [0.5, 0.6) is 11.8 Å². The van der Waals surface area contributed by atoms with E-state index in [2.05, 4.69) is 15.0 Å². The van der Waals surface area contributed by atoms with Crippen molar-refractivity contribution in [1.29, 1.82) is 0 Å². The number of benzene rings is 1. The van der Waals surface area contributed by atoms with Crippen molar-refractivity contribution in [2.75, 3.05) is 12.4 Å². The van der Waals surface area contributed by atoms with Crippen LogP contribution in [0, 0.1) is 0 Å². The number of carbonyl (C=O) groups excluding carboxylic acids is 1. The summed E-state index contributed by atoms with van der Waals surface area (Å²) in [6, 6.07) is 10.3. The number of nitrogens with one attached hydrogen (secondary N) is 1. The van der Waals surface area contributed by atoms with Gasteiger partial charge in [-0.3, -0.25) is 4.79 Å². The average molecular weight is 517 g/mol. The normalized spacial score (nSPS) is 20.9. The van der Waals surface area contributed by atoms with Crippen LogP contribution in [-0.2, 0) is 19.3 Å². The van der Waals surface area contributed by atoms with E-state index in [1.54, 1.807) is 0 Å². The van der Waals surface area contributed by atoms with Crippen molar-refractivity contribution in [2.24, 2.45) is 0 Å². The van der Waals surface area contributed by atoms with E-state index in [1.807, 2.05) is 38.1 Å². The molecule has 0 radical (unpaired) electrons. The zero-order chi connectivity index (χ0) is 25.1. The summed E-state index contributed by atoms with van der Waals surface area (Å²) >= 11 is 0. The van der Waals surface area contributed by atoms with E-state index in [-0.39, 0.29) is 43.2 Å². The number of carbonyl (C=O) groups is 1. The molecule has 1 N–H and O–H groups in total. The first-order valence-corrected chi connectivity index (χ1v) is 13.2. The largest absolute Gasteiger partial charge is 0.481 e. The number of ether oxygens (including phenoxy) is 2. The lowest BCUT2D eigenvalue weighted by molar-refractivity contribution is -0.122. The molecule has 1 fully saturated rings. The SMILES string of the molecule is COc1ccc(NC(=O)C2(c3ccccc3C(C)C)CCC(S(=O)(=O)Cl)CC2)c(OC(F)F)n1. The van der Waals surface area contributed by atoms with E-state index < -0.39 is 38.1 Å². The monoisotopic (exact) mass is 516 g/mol. The topological polar surface area (TPSA) is 94.6 Å². The molecule has 0 aliphatic heterocycles. The molecule has 186 valence electrons. The third-order valence-electron chi connectivity index (χ3n) is 6.21. The molecule has 0 unspecified atom stereocenters. The maximum Gasteiger partial charge on any atom is 0.388 e. The quantitative estimate of drug-likeness (QED) is 0.484. The number of rotatable bonds is 8. The number of methoxy groups -OCH3 is 1. The van der Waals surface area contributed by atoms with Crippen molar-refractivity contribution in [1.82, 2.24) is 4.98 Å². The molecule has 2 aromatic rings. The Labute approximate surface area is 202 Å². The van der Waals surface area contributed by atoms with Crippen molar-refractivity contribution >= 4 is 31.3 Å². The number of amides is 1. The number of hydrogen-bond acceptors (Lipinski definition) is 6. The molecule has 1 aliphatic carbocycles. The summed E-state index contributed by atoms with van der Waals surface area (Å²) in [5, 5.41) is 1.94. The van der Waals surface area contributed by atoms with E-state index in [9.17, 15) is 22.0 Å². The number of pyridine rings is 1. The summed E-state index contributed by atoms with van der Waals surface area (Å²) in [4.78, 5) is 17.7. The van der Waals surface area contributed by atoms with Gasteiger partial charge < -0.3 is 14.8 Å². The molecule has 11 heteroatoms. The highest BCUT2D eigenvalue weighted by Gasteiger charge is 2.47. The summed E-state index contributed by atoms with van der Waals surface area (Å²) < 4.78 is 59.3. The lowest BCUT2D eigenvalue weighted by Crippen LogP contribution is -2.45. The Hall–Kier alpha value is -2.46. The van der Waals surface area contributed by atoms with Gasteiger partial charge in [0.05, 0.1) is 17.8 Å². The van der Waals surface area contributed by atoms with Gasteiger partial charge in [0, 0.05) is 16.7 Å². The van der Waals surface area contributed by atoms with E-state index in [0.717, 1.165) is 11.1 Å². The third kappa shape index (κ3) is 5.60. The van der Waals surface area contributed by atoms with Gasteiger partial charge in [-0.05, 0) is 48.8 Å². The molecule has 0 spiro atoms. The van der Waals surface area contributed by atoms with Crippen LogP contribution in [0.3, 0.4) is 0 Å². The van der Waals surface area contributed by atoms with Crippen LogP contribution in [0.25, 0.3) is 0 Å². The van der Waals surface area contributed by atoms with Crippen molar-refractivity contribution in [3.8, 4) is 11.8 Å². The van der Waals surface area contributed by atoms with Crippen LogP contribution < -0.4 is 14.8 Å². The predicted molar refractivity (Wildman–Crippen MR) is 125 cm³/mol. The number of aromatic nitrogens is 1. The average Bonchev–Trinajstić information content (AvgIpc) is 2.79. The van der Waals surface area contributed by atoms with Crippen molar-refractivity contribution < 1.29 is 31.5 Å². The first-order chi connectivity index (χ1) is 16.0. The van der Waals surface area contributed by atoms with Gasteiger partial charge in [0.2, 0.25) is 26.7 Å². The van der Waals surface area contributed by atoms with Crippen LogP contribution >= 0.6 is 10.7 Å². The fourth-order valence-corrected chi connectivity index (χ4v) is 5.80. The van der Waals surface area contributed by atoms with Gasteiger partial charge in [0.1, 0.15) is 5.69 Å². The van der Waals surface area contributed by atoms with Gasteiger partial charge in [0.15, 0.2) is 0 Å². The molecule has 0 bridgehead atoms. The molecule has 0 atom stereocenters. The third-order valence-corrected chi connectivity index (χ3v) is 8.23. The van der Waals surface area contributed by atoms with E-state index in [4.69, 9.17) is 15.4 Å². The predicted octanol–water partition coefficient (Wildman–Crippen LogP) is 5.20. The molecule has 1 amide bonds. The van der Waals surface area contributed by atoms with Gasteiger partial charge in [0.25, 0.3) is 0 Å². The van der Waals surface area contributed by atoms with Crippen molar-refractivity contribution in [3.63, 3.8) is 0 Å². The highest BCUT2D eigenvalue weighted by Crippen LogP contribution is 2.45. The van der Waals surface area contributed by atoms with Gasteiger partial charge in [-0.25, -0.2) is 8.42 Å². The Balaban J connectivity index is 2.04. The highest BCUT2D eigenvalue weighted by atomic mass is 35.7. The fraction of sp³-hybridized carbons (Fsp3) is 0.478. The summed E-state index contributed by atoms with van der Waals surface area (Å²) in [5.74, 6) is -0.804.